The summed E-state index contributed by atoms with van der Waals surface area (Å²) in [4.78, 5) is 0. The molecule has 0 fully saturated rings. The highest BCUT2D eigenvalue weighted by Crippen LogP contribution is 2.19. The highest BCUT2D eigenvalue weighted by Gasteiger charge is 2.08. The lowest BCUT2D eigenvalue weighted by molar-refractivity contribution is 0.464. The Bertz CT molecular complexity index is 292. The van der Waals surface area contributed by atoms with Gasteiger partial charge in [-0.3, -0.25) is 0 Å². The molecule has 0 radical (unpaired) electrons. The molecule has 1 aromatic rings. The zero-order valence-electron chi connectivity index (χ0n) is 10.5. The number of phenolic OH excluding ortho intramolecular Hbond substituents is 1. The van der Waals surface area contributed by atoms with E-state index in [0.29, 0.717) is 11.8 Å². The molecule has 2 nitrogen and oxygen atoms in total. The number of benzene rings is 1. The monoisotopic (exact) mass is 221 g/mol. The van der Waals surface area contributed by atoms with Crippen molar-refractivity contribution in [3.63, 3.8) is 0 Å². The molecule has 0 saturated carbocycles. The molecule has 2 heteroatoms. The van der Waals surface area contributed by atoms with Crippen LogP contribution in [0.1, 0.15) is 45.2 Å². The molecule has 0 heterocycles. The quantitative estimate of drug-likeness (QED) is 0.771. The van der Waals surface area contributed by atoms with Gasteiger partial charge in [0, 0.05) is 6.04 Å². The number of aromatic hydroxyl groups is 1. The minimum atomic E-state index is 0.334. The first kappa shape index (κ1) is 13.0. The first-order chi connectivity index (χ1) is 7.63. The van der Waals surface area contributed by atoms with Crippen molar-refractivity contribution in [2.24, 2.45) is 5.92 Å². The van der Waals surface area contributed by atoms with E-state index >= 15 is 0 Å². The predicted molar refractivity (Wildman–Crippen MR) is 68.6 cm³/mol. The van der Waals surface area contributed by atoms with Gasteiger partial charge in [0.15, 0.2) is 0 Å². The van der Waals surface area contributed by atoms with Crippen molar-refractivity contribution in [2.45, 2.75) is 39.7 Å². The van der Waals surface area contributed by atoms with E-state index in [2.05, 4.69) is 26.1 Å². The number of hydrogen-bond donors (Lipinski definition) is 2. The summed E-state index contributed by atoms with van der Waals surface area (Å²) >= 11 is 0. The third-order valence-electron chi connectivity index (χ3n) is 2.82. The molecule has 1 rings (SSSR count). The van der Waals surface area contributed by atoms with Gasteiger partial charge >= 0.3 is 0 Å². The van der Waals surface area contributed by atoms with E-state index < -0.39 is 0 Å². The average Bonchev–Trinajstić information content (AvgIpc) is 2.26. The van der Waals surface area contributed by atoms with Crippen molar-refractivity contribution < 1.29 is 5.11 Å². The second kappa shape index (κ2) is 6.54. The van der Waals surface area contributed by atoms with Gasteiger partial charge in [-0.25, -0.2) is 0 Å². The highest BCUT2D eigenvalue weighted by atomic mass is 16.3. The Labute approximate surface area is 98.7 Å². The fourth-order valence-corrected chi connectivity index (χ4v) is 1.75. The summed E-state index contributed by atoms with van der Waals surface area (Å²) in [5.41, 5.74) is 1.25. The first-order valence-corrected chi connectivity index (χ1v) is 6.15. The zero-order chi connectivity index (χ0) is 12.0. The van der Waals surface area contributed by atoms with Gasteiger partial charge < -0.3 is 10.4 Å². The molecule has 0 amide bonds. The maximum absolute atomic E-state index is 9.24. The zero-order valence-corrected chi connectivity index (χ0v) is 10.5. The molecule has 1 atom stereocenters. The van der Waals surface area contributed by atoms with Gasteiger partial charge in [0.25, 0.3) is 0 Å². The van der Waals surface area contributed by atoms with E-state index in [9.17, 15) is 5.11 Å². The van der Waals surface area contributed by atoms with Gasteiger partial charge in [-0.05, 0) is 43.0 Å². The smallest absolute Gasteiger partial charge is 0.115 e. The van der Waals surface area contributed by atoms with Crippen LogP contribution in [0.5, 0.6) is 5.75 Å². The lowest BCUT2D eigenvalue weighted by atomic mass is 10.0. The van der Waals surface area contributed by atoms with Crippen molar-refractivity contribution in [1.82, 2.24) is 5.32 Å². The largest absolute Gasteiger partial charge is 0.508 e. The van der Waals surface area contributed by atoms with Gasteiger partial charge in [-0.15, -0.1) is 0 Å². The summed E-state index contributed by atoms with van der Waals surface area (Å²) in [5.74, 6) is 1.07. The molecule has 0 aliphatic rings. The van der Waals surface area contributed by atoms with Crippen molar-refractivity contribution in [3.8, 4) is 5.75 Å². The van der Waals surface area contributed by atoms with Crippen LogP contribution in [0, 0.1) is 5.92 Å². The van der Waals surface area contributed by atoms with Crippen molar-refractivity contribution >= 4 is 0 Å². The lowest BCUT2D eigenvalue weighted by Crippen LogP contribution is -2.22. The van der Waals surface area contributed by atoms with Crippen LogP contribution < -0.4 is 5.32 Å². The summed E-state index contributed by atoms with van der Waals surface area (Å²) in [5, 5.41) is 12.8. The van der Waals surface area contributed by atoms with Crippen LogP contribution in [0.15, 0.2) is 24.3 Å². The van der Waals surface area contributed by atoms with Crippen LogP contribution in [-0.2, 0) is 0 Å². The molecule has 90 valence electrons. The fraction of sp³-hybridized carbons (Fsp3) is 0.571. The molecule has 2 N–H and O–H groups in total. The molecule has 1 aromatic carbocycles. The third kappa shape index (κ3) is 4.23. The summed E-state index contributed by atoms with van der Waals surface area (Å²) in [6.45, 7) is 7.71. The maximum atomic E-state index is 9.24. The number of rotatable bonds is 6. The Kier molecular flexibility index (Phi) is 5.33. The minimum Gasteiger partial charge on any atom is -0.508 e. The predicted octanol–water partition coefficient (Wildman–Crippen LogP) is 3.48. The molecule has 0 saturated heterocycles. The standard InChI is InChI=1S/C14H23NO/c1-4-14(15-10-9-11(2)3)12-5-7-13(16)8-6-12/h5-8,11,14-16H,4,9-10H2,1-3H3. The molecule has 0 aliphatic carbocycles. The number of nitrogens with one attached hydrogen (secondary N) is 1. The third-order valence-corrected chi connectivity index (χ3v) is 2.82. The normalized spacial score (nSPS) is 13.0. The van der Waals surface area contributed by atoms with E-state index in [1.807, 2.05) is 12.1 Å². The van der Waals surface area contributed by atoms with Crippen LogP contribution in [0.25, 0.3) is 0 Å². The van der Waals surface area contributed by atoms with E-state index in [-0.39, 0.29) is 0 Å². The molecule has 0 bridgehead atoms. The minimum absolute atomic E-state index is 0.334. The molecule has 1 unspecified atom stereocenters. The SMILES string of the molecule is CCC(NCCC(C)C)c1ccc(O)cc1. The summed E-state index contributed by atoms with van der Waals surface area (Å²) in [6, 6.07) is 7.89. The van der Waals surface area contributed by atoms with Crippen LogP contribution >= 0.6 is 0 Å². The Morgan fingerprint density at radius 2 is 1.81 bits per heavy atom. The van der Waals surface area contributed by atoms with Crippen molar-refractivity contribution in [2.75, 3.05) is 6.54 Å². The molecule has 16 heavy (non-hydrogen) atoms. The van der Waals surface area contributed by atoms with E-state index in [4.69, 9.17) is 0 Å². The van der Waals surface area contributed by atoms with Gasteiger partial charge in [0.1, 0.15) is 5.75 Å². The Morgan fingerprint density at radius 1 is 1.19 bits per heavy atom. The van der Waals surface area contributed by atoms with Crippen LogP contribution in [0.3, 0.4) is 0 Å². The summed E-state index contributed by atoms with van der Waals surface area (Å²) < 4.78 is 0. The van der Waals surface area contributed by atoms with Gasteiger partial charge in [-0.2, -0.15) is 0 Å². The molecular weight excluding hydrogens is 198 g/mol. The molecule has 0 aromatic heterocycles. The van der Waals surface area contributed by atoms with Gasteiger partial charge in [-0.1, -0.05) is 32.9 Å². The average molecular weight is 221 g/mol. The topological polar surface area (TPSA) is 32.3 Å². The van der Waals surface area contributed by atoms with Crippen LogP contribution in [-0.4, -0.2) is 11.7 Å². The summed E-state index contributed by atoms with van der Waals surface area (Å²) in [6.07, 6.45) is 2.28. The van der Waals surface area contributed by atoms with Gasteiger partial charge in [0.05, 0.1) is 0 Å². The maximum Gasteiger partial charge on any atom is 0.115 e. The van der Waals surface area contributed by atoms with E-state index in [0.717, 1.165) is 18.9 Å². The van der Waals surface area contributed by atoms with Crippen LogP contribution in [0.4, 0.5) is 0 Å². The van der Waals surface area contributed by atoms with E-state index in [1.54, 1.807) is 12.1 Å². The first-order valence-electron chi connectivity index (χ1n) is 6.15. The lowest BCUT2D eigenvalue weighted by Gasteiger charge is -2.18. The van der Waals surface area contributed by atoms with E-state index in [1.165, 1.54) is 12.0 Å². The molecule has 0 aliphatic heterocycles. The Hall–Kier alpha value is -1.02. The second-order valence-electron chi connectivity index (χ2n) is 4.69. The summed E-state index contributed by atoms with van der Waals surface area (Å²) in [7, 11) is 0. The molecule has 0 spiro atoms. The fourth-order valence-electron chi connectivity index (χ4n) is 1.75. The Balaban J connectivity index is 2.50. The van der Waals surface area contributed by atoms with Crippen molar-refractivity contribution in [1.29, 1.82) is 0 Å². The Morgan fingerprint density at radius 3 is 2.31 bits per heavy atom. The highest BCUT2D eigenvalue weighted by molar-refractivity contribution is 5.27. The van der Waals surface area contributed by atoms with Crippen molar-refractivity contribution in [3.05, 3.63) is 29.8 Å². The number of hydrogen-bond acceptors (Lipinski definition) is 2. The molecular formula is C14H23NO. The second-order valence-corrected chi connectivity index (χ2v) is 4.69. The number of phenols is 1. The van der Waals surface area contributed by atoms with Crippen LogP contribution in [0.2, 0.25) is 0 Å². The van der Waals surface area contributed by atoms with Gasteiger partial charge in [0.2, 0.25) is 0 Å².